The van der Waals surface area contributed by atoms with Gasteiger partial charge in [0.15, 0.2) is 17.5 Å². The number of guanidine groups is 1. The van der Waals surface area contributed by atoms with Crippen LogP contribution >= 0.6 is 23.2 Å². The molecule has 1 fully saturated rings. The molecule has 0 bridgehead atoms. The molecule has 0 radical (unpaired) electrons. The summed E-state index contributed by atoms with van der Waals surface area (Å²) in [5, 5.41) is 7.05. The standard InChI is InChI=1S/C28H37Cl2N5O4/c1-31-28(34(2)3)33-26(36)18-35-12-9-19(10-13-35)17-32-27(37)21-6-8-24(38-4)25(15-21)39-14-11-20-5-7-22(29)16-23(20)30/h5-8,15-16,19H,9-14,17-18H2,1-4H3,(H,32,37)(H,31,33,36). The van der Waals surface area contributed by atoms with E-state index in [9.17, 15) is 9.59 Å². The molecule has 1 heterocycles. The van der Waals surface area contributed by atoms with Crippen LogP contribution in [0.25, 0.3) is 0 Å². The summed E-state index contributed by atoms with van der Waals surface area (Å²) in [5.74, 6) is 1.68. The number of carbonyl (C=O) groups is 2. The number of amides is 2. The van der Waals surface area contributed by atoms with Crippen LogP contribution in [0, 0.1) is 5.92 Å². The highest BCUT2D eigenvalue weighted by atomic mass is 35.5. The van der Waals surface area contributed by atoms with Crippen molar-refractivity contribution in [1.29, 1.82) is 0 Å². The Labute approximate surface area is 240 Å². The van der Waals surface area contributed by atoms with Crippen LogP contribution in [0.15, 0.2) is 41.4 Å². The molecule has 2 aromatic rings. The van der Waals surface area contributed by atoms with Gasteiger partial charge in [-0.3, -0.25) is 24.8 Å². The highest BCUT2D eigenvalue weighted by molar-refractivity contribution is 6.35. The Morgan fingerprint density at radius 3 is 2.49 bits per heavy atom. The van der Waals surface area contributed by atoms with E-state index in [-0.39, 0.29) is 11.8 Å². The lowest BCUT2D eigenvalue weighted by atomic mass is 9.96. The molecule has 11 heteroatoms. The summed E-state index contributed by atoms with van der Waals surface area (Å²) in [6, 6.07) is 10.5. The highest BCUT2D eigenvalue weighted by Gasteiger charge is 2.22. The van der Waals surface area contributed by atoms with E-state index in [4.69, 9.17) is 32.7 Å². The third kappa shape index (κ3) is 9.30. The van der Waals surface area contributed by atoms with Crippen LogP contribution in [0.5, 0.6) is 11.5 Å². The molecular formula is C28H37Cl2N5O4. The number of aliphatic imine (C=N–C) groups is 1. The molecule has 0 saturated carbocycles. The van der Waals surface area contributed by atoms with E-state index < -0.39 is 0 Å². The van der Waals surface area contributed by atoms with Gasteiger partial charge in [-0.1, -0.05) is 29.3 Å². The van der Waals surface area contributed by atoms with Crippen LogP contribution < -0.4 is 20.1 Å². The quantitative estimate of drug-likeness (QED) is 0.330. The molecule has 0 spiro atoms. The van der Waals surface area contributed by atoms with Gasteiger partial charge in [0.25, 0.3) is 5.91 Å². The number of halogens is 2. The number of rotatable bonds is 10. The fourth-order valence-electron chi connectivity index (χ4n) is 4.35. The molecule has 0 aromatic heterocycles. The first-order valence-corrected chi connectivity index (χ1v) is 13.6. The second-order valence-corrected chi connectivity index (χ2v) is 10.5. The first-order chi connectivity index (χ1) is 18.7. The van der Waals surface area contributed by atoms with Crippen molar-refractivity contribution >= 4 is 41.0 Å². The van der Waals surface area contributed by atoms with E-state index >= 15 is 0 Å². The van der Waals surface area contributed by atoms with Gasteiger partial charge >= 0.3 is 0 Å². The van der Waals surface area contributed by atoms with Gasteiger partial charge < -0.3 is 19.7 Å². The lowest BCUT2D eigenvalue weighted by molar-refractivity contribution is -0.121. The Hall–Kier alpha value is -3.01. The summed E-state index contributed by atoms with van der Waals surface area (Å²) in [6.07, 6.45) is 2.39. The van der Waals surface area contributed by atoms with Gasteiger partial charge in [-0.15, -0.1) is 0 Å². The number of benzene rings is 2. The molecule has 39 heavy (non-hydrogen) atoms. The molecule has 1 aliphatic heterocycles. The van der Waals surface area contributed by atoms with Crippen LogP contribution in [0.2, 0.25) is 10.0 Å². The highest BCUT2D eigenvalue weighted by Crippen LogP contribution is 2.29. The molecular weight excluding hydrogens is 541 g/mol. The van der Waals surface area contributed by atoms with Crippen molar-refractivity contribution in [3.63, 3.8) is 0 Å². The maximum atomic E-state index is 12.9. The lowest BCUT2D eigenvalue weighted by Crippen LogP contribution is -2.47. The summed E-state index contributed by atoms with van der Waals surface area (Å²) < 4.78 is 11.4. The van der Waals surface area contributed by atoms with Crippen LogP contribution in [0.1, 0.15) is 28.8 Å². The van der Waals surface area contributed by atoms with E-state index in [2.05, 4.69) is 20.5 Å². The first kappa shape index (κ1) is 30.5. The zero-order valence-corrected chi connectivity index (χ0v) is 24.4. The number of nitrogens with zero attached hydrogens (tertiary/aromatic N) is 3. The van der Waals surface area contributed by atoms with E-state index in [0.717, 1.165) is 31.5 Å². The van der Waals surface area contributed by atoms with Gasteiger partial charge in [0, 0.05) is 49.7 Å². The SMILES string of the molecule is CN=C(NC(=O)CN1CCC(CNC(=O)c2ccc(OC)c(OCCc3ccc(Cl)cc3Cl)c2)CC1)N(C)C. The Bertz CT molecular complexity index is 1170. The normalized spacial score (nSPS) is 14.6. The number of piperidine rings is 1. The van der Waals surface area contributed by atoms with Gasteiger partial charge in [-0.25, -0.2) is 0 Å². The fourth-order valence-corrected chi connectivity index (χ4v) is 4.85. The number of ether oxygens (including phenoxy) is 2. The van der Waals surface area contributed by atoms with Crippen molar-refractivity contribution in [2.45, 2.75) is 19.3 Å². The second-order valence-electron chi connectivity index (χ2n) is 9.62. The fraction of sp³-hybridized carbons (Fsp3) is 0.464. The predicted octanol–water partition coefficient (Wildman–Crippen LogP) is 3.73. The number of likely N-dealkylation sites (tertiary alicyclic amines) is 1. The van der Waals surface area contributed by atoms with E-state index in [0.29, 0.717) is 65.1 Å². The summed E-state index contributed by atoms with van der Waals surface area (Å²) in [4.78, 5) is 33.2. The third-order valence-electron chi connectivity index (χ3n) is 6.58. The molecule has 212 valence electrons. The molecule has 2 N–H and O–H groups in total. The second kappa shape index (κ2) is 15.0. The smallest absolute Gasteiger partial charge is 0.251 e. The molecule has 9 nitrogen and oxygen atoms in total. The van der Waals surface area contributed by atoms with Crippen molar-refractivity contribution in [3.8, 4) is 11.5 Å². The number of carbonyl (C=O) groups excluding carboxylic acids is 2. The molecule has 1 aliphatic rings. The molecule has 2 aromatic carbocycles. The van der Waals surface area contributed by atoms with Crippen molar-refractivity contribution in [2.75, 3.05) is 61.0 Å². The molecule has 1 saturated heterocycles. The number of hydrogen-bond donors (Lipinski definition) is 2. The third-order valence-corrected chi connectivity index (χ3v) is 7.17. The van der Waals surface area contributed by atoms with Gasteiger partial charge in [0.1, 0.15) is 0 Å². The zero-order chi connectivity index (χ0) is 28.4. The molecule has 0 atom stereocenters. The Kier molecular flexibility index (Phi) is 11.7. The van der Waals surface area contributed by atoms with E-state index in [1.807, 2.05) is 20.2 Å². The summed E-state index contributed by atoms with van der Waals surface area (Å²) >= 11 is 12.2. The summed E-state index contributed by atoms with van der Waals surface area (Å²) in [5.41, 5.74) is 1.42. The minimum Gasteiger partial charge on any atom is -0.493 e. The maximum absolute atomic E-state index is 12.9. The Balaban J connectivity index is 1.46. The van der Waals surface area contributed by atoms with Crippen LogP contribution in [-0.2, 0) is 11.2 Å². The minimum absolute atomic E-state index is 0.0788. The monoisotopic (exact) mass is 577 g/mol. The van der Waals surface area contributed by atoms with Gasteiger partial charge in [0.05, 0.1) is 20.3 Å². The predicted molar refractivity (Wildman–Crippen MR) is 155 cm³/mol. The average Bonchev–Trinajstić information content (AvgIpc) is 2.92. The lowest BCUT2D eigenvalue weighted by Gasteiger charge is -2.31. The molecule has 3 rings (SSSR count). The van der Waals surface area contributed by atoms with Gasteiger partial charge in [-0.2, -0.15) is 0 Å². The van der Waals surface area contributed by atoms with Gasteiger partial charge in [-0.05, 0) is 67.7 Å². The summed E-state index contributed by atoms with van der Waals surface area (Å²) in [7, 11) is 6.88. The van der Waals surface area contributed by atoms with Crippen LogP contribution in [-0.4, -0.2) is 88.6 Å². The van der Waals surface area contributed by atoms with Crippen molar-refractivity contribution < 1.29 is 19.1 Å². The maximum Gasteiger partial charge on any atom is 0.251 e. The van der Waals surface area contributed by atoms with Crippen LogP contribution in [0.4, 0.5) is 0 Å². The Morgan fingerprint density at radius 1 is 1.10 bits per heavy atom. The van der Waals surface area contributed by atoms with E-state index in [1.165, 1.54) is 0 Å². The molecule has 0 unspecified atom stereocenters. The zero-order valence-electron chi connectivity index (χ0n) is 22.9. The number of methoxy groups -OCH3 is 1. The number of hydrogen-bond acceptors (Lipinski definition) is 6. The largest absolute Gasteiger partial charge is 0.493 e. The van der Waals surface area contributed by atoms with E-state index in [1.54, 1.807) is 49.4 Å². The van der Waals surface area contributed by atoms with Crippen molar-refractivity contribution in [3.05, 3.63) is 57.6 Å². The topological polar surface area (TPSA) is 95.5 Å². The minimum atomic E-state index is -0.167. The molecule has 0 aliphatic carbocycles. The van der Waals surface area contributed by atoms with Crippen LogP contribution in [0.3, 0.4) is 0 Å². The summed E-state index contributed by atoms with van der Waals surface area (Å²) in [6.45, 7) is 2.86. The molecule has 2 amide bonds. The van der Waals surface area contributed by atoms with Crippen molar-refractivity contribution in [2.24, 2.45) is 10.9 Å². The Morgan fingerprint density at radius 2 is 1.85 bits per heavy atom. The first-order valence-electron chi connectivity index (χ1n) is 12.9. The van der Waals surface area contributed by atoms with Crippen molar-refractivity contribution in [1.82, 2.24) is 20.4 Å². The average molecular weight is 579 g/mol. The van der Waals surface area contributed by atoms with Gasteiger partial charge in [0.2, 0.25) is 5.91 Å². The number of nitrogens with one attached hydrogen (secondary N) is 2.